The van der Waals surface area contributed by atoms with Crippen molar-refractivity contribution in [1.29, 1.82) is 0 Å². The van der Waals surface area contributed by atoms with Crippen molar-refractivity contribution < 1.29 is 14.1 Å². The predicted octanol–water partition coefficient (Wildman–Crippen LogP) is 2.44. The highest BCUT2D eigenvalue weighted by Crippen LogP contribution is 2.38. The molecule has 1 saturated heterocycles. The van der Waals surface area contributed by atoms with E-state index in [2.05, 4.69) is 26.9 Å². The molecular formula is C19H24N4O3. The fourth-order valence-electron chi connectivity index (χ4n) is 3.40. The average Bonchev–Trinajstić information content (AvgIpc) is 3.42. The van der Waals surface area contributed by atoms with Gasteiger partial charge in [-0.3, -0.25) is 4.90 Å². The van der Waals surface area contributed by atoms with Gasteiger partial charge in [0.1, 0.15) is 0 Å². The number of nitrogens with zero attached hydrogens (tertiary/aromatic N) is 4. The number of ether oxygens (including phenoxy) is 1. The third-order valence-corrected chi connectivity index (χ3v) is 5.18. The molecule has 1 aliphatic carbocycles. The second-order valence-corrected chi connectivity index (χ2v) is 7.12. The molecule has 0 N–H and O–H groups in total. The lowest BCUT2D eigenvalue weighted by molar-refractivity contribution is 0.0600. The zero-order valence-corrected chi connectivity index (χ0v) is 15.2. The number of methoxy groups -OCH3 is 1. The summed E-state index contributed by atoms with van der Waals surface area (Å²) in [7, 11) is 1.40. The Bertz CT molecular complexity index is 769. The zero-order chi connectivity index (χ0) is 18.1. The first-order chi connectivity index (χ1) is 12.6. The first-order valence-corrected chi connectivity index (χ1v) is 9.14. The molecule has 1 aromatic carbocycles. The molecule has 138 valence electrons. The Balaban J connectivity index is 1.35. The molecule has 0 spiro atoms. The molecule has 26 heavy (non-hydrogen) atoms. The van der Waals surface area contributed by atoms with Crippen LogP contribution in [0.5, 0.6) is 0 Å². The quantitative estimate of drug-likeness (QED) is 0.762. The van der Waals surface area contributed by atoms with Gasteiger partial charge in [0.2, 0.25) is 5.89 Å². The maximum atomic E-state index is 11.6. The van der Waals surface area contributed by atoms with Gasteiger partial charge in [0, 0.05) is 37.3 Å². The SMILES string of the molecule is COC(=O)c1ccc(N2CCN(Cc3nc(C4CC4)no3)[C@H](C)C2)cc1. The summed E-state index contributed by atoms with van der Waals surface area (Å²) in [5, 5.41) is 4.10. The molecule has 7 heteroatoms. The lowest BCUT2D eigenvalue weighted by atomic mass is 10.1. The van der Waals surface area contributed by atoms with Gasteiger partial charge >= 0.3 is 5.97 Å². The largest absolute Gasteiger partial charge is 0.465 e. The topological polar surface area (TPSA) is 71.7 Å². The van der Waals surface area contributed by atoms with Crippen LogP contribution >= 0.6 is 0 Å². The van der Waals surface area contributed by atoms with Gasteiger partial charge in [0.05, 0.1) is 19.2 Å². The predicted molar refractivity (Wildman–Crippen MR) is 96.1 cm³/mol. The van der Waals surface area contributed by atoms with Crippen molar-refractivity contribution in [3.05, 3.63) is 41.5 Å². The normalized spacial score (nSPS) is 21.0. The molecule has 7 nitrogen and oxygen atoms in total. The minimum absolute atomic E-state index is 0.306. The summed E-state index contributed by atoms with van der Waals surface area (Å²) in [5.74, 6) is 1.81. The summed E-state index contributed by atoms with van der Waals surface area (Å²) >= 11 is 0. The van der Waals surface area contributed by atoms with E-state index in [1.54, 1.807) is 0 Å². The van der Waals surface area contributed by atoms with Crippen molar-refractivity contribution in [2.75, 3.05) is 31.6 Å². The van der Waals surface area contributed by atoms with Gasteiger partial charge in [-0.2, -0.15) is 4.98 Å². The van der Waals surface area contributed by atoms with Crippen molar-refractivity contribution in [1.82, 2.24) is 15.0 Å². The minimum Gasteiger partial charge on any atom is -0.465 e. The van der Waals surface area contributed by atoms with Crippen LogP contribution in [0, 0.1) is 0 Å². The Morgan fingerprint density at radius 3 is 2.69 bits per heavy atom. The zero-order valence-electron chi connectivity index (χ0n) is 15.2. The van der Waals surface area contributed by atoms with E-state index in [9.17, 15) is 4.79 Å². The molecule has 0 amide bonds. The second kappa shape index (κ2) is 7.07. The van der Waals surface area contributed by atoms with Gasteiger partial charge in [-0.25, -0.2) is 4.79 Å². The highest BCUT2D eigenvalue weighted by atomic mass is 16.5. The lowest BCUT2D eigenvalue weighted by Gasteiger charge is -2.40. The number of carbonyl (C=O) groups excluding carboxylic acids is 1. The molecular weight excluding hydrogens is 332 g/mol. The molecule has 1 aliphatic heterocycles. The van der Waals surface area contributed by atoms with E-state index < -0.39 is 0 Å². The van der Waals surface area contributed by atoms with E-state index in [0.29, 0.717) is 24.1 Å². The van der Waals surface area contributed by atoms with Crippen molar-refractivity contribution in [3.8, 4) is 0 Å². The molecule has 1 saturated carbocycles. The fraction of sp³-hybridized carbons (Fsp3) is 0.526. The van der Waals surface area contributed by atoms with Crippen LogP contribution in [0.1, 0.15) is 47.8 Å². The number of hydrogen-bond donors (Lipinski definition) is 0. The maximum Gasteiger partial charge on any atom is 0.337 e. The summed E-state index contributed by atoms with van der Waals surface area (Å²) < 4.78 is 10.2. The Morgan fingerprint density at radius 2 is 2.04 bits per heavy atom. The Morgan fingerprint density at radius 1 is 1.27 bits per heavy atom. The van der Waals surface area contributed by atoms with Crippen LogP contribution in [0.25, 0.3) is 0 Å². The monoisotopic (exact) mass is 356 g/mol. The second-order valence-electron chi connectivity index (χ2n) is 7.12. The van der Waals surface area contributed by atoms with Gasteiger partial charge in [0.25, 0.3) is 0 Å². The number of carbonyl (C=O) groups is 1. The Hall–Kier alpha value is -2.41. The summed E-state index contributed by atoms with van der Waals surface area (Å²) in [5.41, 5.74) is 1.70. The molecule has 2 heterocycles. The molecule has 1 atom stereocenters. The molecule has 0 bridgehead atoms. The van der Waals surface area contributed by atoms with Crippen LogP contribution in [0.4, 0.5) is 5.69 Å². The van der Waals surface area contributed by atoms with Crippen molar-refractivity contribution in [3.63, 3.8) is 0 Å². The van der Waals surface area contributed by atoms with Gasteiger partial charge in [-0.05, 0) is 44.0 Å². The van der Waals surface area contributed by atoms with E-state index in [1.165, 1.54) is 20.0 Å². The first kappa shape index (κ1) is 17.0. The van der Waals surface area contributed by atoms with Crippen LogP contribution in [0.2, 0.25) is 0 Å². The van der Waals surface area contributed by atoms with Crippen molar-refractivity contribution in [2.45, 2.75) is 38.3 Å². The van der Waals surface area contributed by atoms with Crippen molar-refractivity contribution >= 4 is 11.7 Å². The number of aromatic nitrogens is 2. The summed E-state index contributed by atoms with van der Waals surface area (Å²) in [6.45, 7) is 5.69. The number of benzene rings is 1. The van der Waals surface area contributed by atoms with E-state index in [-0.39, 0.29) is 5.97 Å². The van der Waals surface area contributed by atoms with Gasteiger partial charge in [-0.15, -0.1) is 0 Å². The summed E-state index contributed by atoms with van der Waals surface area (Å²) in [6.07, 6.45) is 2.37. The number of rotatable bonds is 5. The Labute approximate surface area is 152 Å². The lowest BCUT2D eigenvalue weighted by Crippen LogP contribution is -2.51. The molecule has 1 aromatic heterocycles. The average molecular weight is 356 g/mol. The highest BCUT2D eigenvalue weighted by Gasteiger charge is 2.30. The van der Waals surface area contributed by atoms with E-state index >= 15 is 0 Å². The molecule has 2 aliphatic rings. The van der Waals surface area contributed by atoms with Gasteiger partial charge in [-0.1, -0.05) is 5.16 Å². The summed E-state index contributed by atoms with van der Waals surface area (Å²) in [4.78, 5) is 20.8. The smallest absolute Gasteiger partial charge is 0.337 e. The molecule has 2 aromatic rings. The van der Waals surface area contributed by atoms with E-state index in [4.69, 9.17) is 9.26 Å². The third-order valence-electron chi connectivity index (χ3n) is 5.18. The third kappa shape index (κ3) is 3.58. The van der Waals surface area contributed by atoms with Crippen LogP contribution in [0.3, 0.4) is 0 Å². The van der Waals surface area contributed by atoms with Gasteiger partial charge < -0.3 is 14.2 Å². The van der Waals surface area contributed by atoms with Crippen LogP contribution in [0.15, 0.2) is 28.8 Å². The highest BCUT2D eigenvalue weighted by molar-refractivity contribution is 5.89. The minimum atomic E-state index is -0.306. The first-order valence-electron chi connectivity index (χ1n) is 9.14. The van der Waals surface area contributed by atoms with Crippen LogP contribution in [-0.2, 0) is 11.3 Å². The number of anilines is 1. The molecule has 0 radical (unpaired) electrons. The standard InChI is InChI=1S/C19H24N4O3/c1-13-11-23(16-7-5-15(6-8-16)19(24)25-2)10-9-22(13)12-17-20-18(21-26-17)14-3-4-14/h5-8,13-14H,3-4,9-12H2,1-2H3/t13-/m1/s1. The number of esters is 1. The maximum absolute atomic E-state index is 11.6. The van der Waals surface area contributed by atoms with Crippen LogP contribution in [-0.4, -0.2) is 53.8 Å². The fourth-order valence-corrected chi connectivity index (χ4v) is 3.40. The molecule has 2 fully saturated rings. The van der Waals surface area contributed by atoms with Gasteiger partial charge in [0.15, 0.2) is 5.82 Å². The van der Waals surface area contributed by atoms with Crippen molar-refractivity contribution in [2.24, 2.45) is 0 Å². The molecule has 0 unspecified atom stereocenters. The molecule has 4 rings (SSSR count). The number of piperazine rings is 1. The summed E-state index contributed by atoms with van der Waals surface area (Å²) in [6, 6.07) is 7.97. The Kier molecular flexibility index (Phi) is 4.63. The van der Waals surface area contributed by atoms with E-state index in [0.717, 1.165) is 37.0 Å². The van der Waals surface area contributed by atoms with Crippen LogP contribution < -0.4 is 4.90 Å². The van der Waals surface area contributed by atoms with E-state index in [1.807, 2.05) is 24.3 Å². The number of hydrogen-bond acceptors (Lipinski definition) is 7.